The van der Waals surface area contributed by atoms with Gasteiger partial charge in [-0.05, 0) is 63.1 Å². The summed E-state index contributed by atoms with van der Waals surface area (Å²) in [6, 6.07) is 4.39. The van der Waals surface area contributed by atoms with E-state index in [1.807, 2.05) is 19.1 Å². The highest BCUT2D eigenvalue weighted by Crippen LogP contribution is 2.45. The molecule has 2 aliphatic heterocycles. The Morgan fingerprint density at radius 2 is 1.96 bits per heavy atom. The van der Waals surface area contributed by atoms with Gasteiger partial charge in [0.2, 0.25) is 0 Å². The van der Waals surface area contributed by atoms with Gasteiger partial charge in [-0.1, -0.05) is 11.6 Å². The first kappa shape index (κ1) is 17.1. The molecule has 0 amide bonds. The lowest BCUT2D eigenvalue weighted by Crippen LogP contribution is -2.52. The number of hydrogen-bond acceptors (Lipinski definition) is 4. The molecule has 0 radical (unpaired) electrons. The Kier molecular flexibility index (Phi) is 4.40. The maximum atomic E-state index is 11.3. The second-order valence-corrected chi connectivity index (χ2v) is 8.74. The van der Waals surface area contributed by atoms with Crippen molar-refractivity contribution in [1.82, 2.24) is 9.88 Å². The molecule has 25 heavy (non-hydrogen) atoms. The molecule has 6 heteroatoms. The summed E-state index contributed by atoms with van der Waals surface area (Å²) in [5.74, 6) is 1.83. The van der Waals surface area contributed by atoms with E-state index in [-0.39, 0.29) is 0 Å². The van der Waals surface area contributed by atoms with E-state index in [1.165, 1.54) is 12.8 Å². The molecule has 2 unspecified atom stereocenters. The smallest absolute Gasteiger partial charge is 0.309 e. The minimum atomic E-state index is -0.638. The highest BCUT2D eigenvalue weighted by molar-refractivity contribution is 6.30. The number of likely N-dealkylation sites (tertiary alicyclic amines) is 1. The van der Waals surface area contributed by atoms with Crippen molar-refractivity contribution < 1.29 is 9.90 Å². The van der Waals surface area contributed by atoms with Crippen LogP contribution in [0, 0.1) is 17.3 Å². The fraction of sp³-hybridized carbons (Fsp3) is 0.684. The van der Waals surface area contributed by atoms with Crippen molar-refractivity contribution in [3.05, 3.63) is 23.4 Å². The number of anilines is 1. The molecule has 2 atom stereocenters. The van der Waals surface area contributed by atoms with Crippen LogP contribution in [0.4, 0.5) is 5.82 Å². The molecule has 3 fully saturated rings. The zero-order valence-corrected chi connectivity index (χ0v) is 15.5. The molecular formula is C19H26ClN3O2. The zero-order valence-electron chi connectivity index (χ0n) is 14.7. The zero-order chi connectivity index (χ0) is 17.6. The van der Waals surface area contributed by atoms with Gasteiger partial charge in [0.15, 0.2) is 0 Å². The van der Waals surface area contributed by atoms with Crippen LogP contribution in [0.15, 0.2) is 18.3 Å². The van der Waals surface area contributed by atoms with Crippen molar-refractivity contribution in [3.63, 3.8) is 0 Å². The number of hydrogen-bond donors (Lipinski definition) is 1. The summed E-state index contributed by atoms with van der Waals surface area (Å²) >= 11 is 5.93. The maximum absolute atomic E-state index is 11.3. The summed E-state index contributed by atoms with van der Waals surface area (Å²) in [6.45, 7) is 6.28. The van der Waals surface area contributed by atoms with E-state index >= 15 is 0 Å². The summed E-state index contributed by atoms with van der Waals surface area (Å²) < 4.78 is 0. The van der Waals surface area contributed by atoms with Gasteiger partial charge in [0, 0.05) is 31.9 Å². The van der Waals surface area contributed by atoms with Gasteiger partial charge in [-0.2, -0.15) is 0 Å². The number of carbonyl (C=O) groups is 1. The Balaban J connectivity index is 1.30. The number of pyridine rings is 1. The van der Waals surface area contributed by atoms with Crippen LogP contribution in [0.2, 0.25) is 5.02 Å². The Bertz CT molecular complexity index is 645. The van der Waals surface area contributed by atoms with Crippen molar-refractivity contribution in [2.75, 3.05) is 31.1 Å². The normalized spacial score (nSPS) is 35.8. The fourth-order valence-electron chi connectivity index (χ4n) is 4.88. The first-order valence-electron chi connectivity index (χ1n) is 9.28. The molecule has 1 N–H and O–H groups in total. The lowest BCUT2D eigenvalue weighted by molar-refractivity contribution is -0.157. The highest BCUT2D eigenvalue weighted by atomic mass is 35.5. The average Bonchev–Trinajstić information content (AvgIpc) is 3.21. The van der Waals surface area contributed by atoms with Gasteiger partial charge in [0.05, 0.1) is 10.4 Å². The van der Waals surface area contributed by atoms with Gasteiger partial charge in [-0.3, -0.25) is 4.79 Å². The van der Waals surface area contributed by atoms with Crippen LogP contribution in [-0.4, -0.2) is 53.2 Å². The molecule has 0 aromatic carbocycles. The van der Waals surface area contributed by atoms with E-state index in [0.717, 1.165) is 50.8 Å². The van der Waals surface area contributed by atoms with Crippen molar-refractivity contribution in [2.45, 2.75) is 38.6 Å². The Labute approximate surface area is 154 Å². The first-order valence-corrected chi connectivity index (χ1v) is 9.66. The number of carboxylic acid groups (broad SMARTS) is 1. The van der Waals surface area contributed by atoms with Crippen molar-refractivity contribution in [1.29, 1.82) is 0 Å². The van der Waals surface area contributed by atoms with Gasteiger partial charge in [-0.25, -0.2) is 4.98 Å². The van der Waals surface area contributed by atoms with Gasteiger partial charge in [-0.15, -0.1) is 0 Å². The maximum Gasteiger partial charge on any atom is 0.309 e. The number of carboxylic acids is 1. The van der Waals surface area contributed by atoms with Gasteiger partial charge in [0.25, 0.3) is 0 Å². The van der Waals surface area contributed by atoms with E-state index in [4.69, 9.17) is 11.6 Å². The quantitative estimate of drug-likeness (QED) is 0.890. The molecule has 3 heterocycles. The highest BCUT2D eigenvalue weighted by Gasteiger charge is 2.50. The van der Waals surface area contributed by atoms with E-state index in [9.17, 15) is 9.90 Å². The van der Waals surface area contributed by atoms with E-state index in [2.05, 4.69) is 14.8 Å². The van der Waals surface area contributed by atoms with Gasteiger partial charge in [0.1, 0.15) is 5.82 Å². The Hall–Kier alpha value is -1.33. The standard InChI is InChI=1S/C19H26ClN3O2/c1-19(18(24)25)8-16(9-19)22-6-4-13(11-22)14-5-7-23(12-14)17-3-2-15(20)10-21-17/h2-3,10,13-14,16H,4-9,11-12H2,1H3,(H,24,25). The molecule has 1 aliphatic carbocycles. The third-order valence-corrected chi connectivity index (χ3v) is 6.81. The SMILES string of the molecule is CC1(C(=O)O)CC(N2CCC(C3CCN(c4ccc(Cl)cn4)C3)C2)C1. The number of halogens is 1. The first-order chi connectivity index (χ1) is 11.9. The lowest BCUT2D eigenvalue weighted by Gasteiger charge is -2.46. The van der Waals surface area contributed by atoms with Crippen LogP contribution < -0.4 is 4.90 Å². The summed E-state index contributed by atoms with van der Waals surface area (Å²) in [6.07, 6.45) is 5.80. The number of nitrogens with zero attached hydrogens (tertiary/aromatic N) is 3. The predicted molar refractivity (Wildman–Crippen MR) is 98.0 cm³/mol. The number of aromatic nitrogens is 1. The summed E-state index contributed by atoms with van der Waals surface area (Å²) in [5, 5.41) is 9.97. The van der Waals surface area contributed by atoms with Crippen LogP contribution in [0.3, 0.4) is 0 Å². The molecule has 2 saturated heterocycles. The summed E-state index contributed by atoms with van der Waals surface area (Å²) in [5.41, 5.74) is -0.493. The van der Waals surface area contributed by atoms with E-state index < -0.39 is 11.4 Å². The minimum absolute atomic E-state index is 0.474. The third-order valence-electron chi connectivity index (χ3n) is 6.59. The Morgan fingerprint density at radius 3 is 2.64 bits per heavy atom. The second-order valence-electron chi connectivity index (χ2n) is 8.30. The Morgan fingerprint density at radius 1 is 1.24 bits per heavy atom. The van der Waals surface area contributed by atoms with Crippen LogP contribution >= 0.6 is 11.6 Å². The molecule has 1 aromatic rings. The molecule has 3 aliphatic rings. The average molecular weight is 364 g/mol. The summed E-state index contributed by atoms with van der Waals surface area (Å²) in [7, 11) is 0. The molecule has 0 spiro atoms. The topological polar surface area (TPSA) is 56.7 Å². The van der Waals surface area contributed by atoms with Crippen molar-refractivity contribution >= 4 is 23.4 Å². The lowest BCUT2D eigenvalue weighted by atomic mass is 9.66. The third kappa shape index (κ3) is 3.24. The monoisotopic (exact) mass is 363 g/mol. The number of aliphatic carboxylic acids is 1. The van der Waals surface area contributed by atoms with Crippen molar-refractivity contribution in [3.8, 4) is 0 Å². The molecule has 1 aromatic heterocycles. The number of rotatable bonds is 4. The largest absolute Gasteiger partial charge is 0.481 e. The molecule has 4 rings (SSSR count). The van der Waals surface area contributed by atoms with Gasteiger partial charge >= 0.3 is 5.97 Å². The minimum Gasteiger partial charge on any atom is -0.481 e. The molecule has 0 bridgehead atoms. The molecule has 1 saturated carbocycles. The van der Waals surface area contributed by atoms with E-state index in [0.29, 0.717) is 17.0 Å². The van der Waals surface area contributed by atoms with Crippen molar-refractivity contribution in [2.24, 2.45) is 17.3 Å². The van der Waals surface area contributed by atoms with Gasteiger partial charge < -0.3 is 14.9 Å². The van der Waals surface area contributed by atoms with Crippen LogP contribution in [0.5, 0.6) is 0 Å². The summed E-state index contributed by atoms with van der Waals surface area (Å²) in [4.78, 5) is 20.6. The molecular weight excluding hydrogens is 338 g/mol. The fourth-order valence-corrected chi connectivity index (χ4v) is 4.99. The van der Waals surface area contributed by atoms with Crippen LogP contribution in [-0.2, 0) is 4.79 Å². The van der Waals surface area contributed by atoms with Crippen LogP contribution in [0.25, 0.3) is 0 Å². The van der Waals surface area contributed by atoms with Crippen LogP contribution in [0.1, 0.15) is 32.6 Å². The predicted octanol–water partition coefficient (Wildman–Crippen LogP) is 3.14. The molecule has 5 nitrogen and oxygen atoms in total. The second kappa shape index (κ2) is 6.44. The van der Waals surface area contributed by atoms with E-state index in [1.54, 1.807) is 6.20 Å². The molecule has 136 valence electrons.